The normalized spacial score (nSPS) is 11.3. The maximum absolute atomic E-state index is 12.5. The van der Waals surface area contributed by atoms with Crippen LogP contribution in [0.1, 0.15) is 0 Å². The van der Waals surface area contributed by atoms with Crippen LogP contribution in [0.25, 0.3) is 11.5 Å². The van der Waals surface area contributed by atoms with Gasteiger partial charge in [-0.15, -0.1) is 0 Å². The zero-order chi connectivity index (χ0) is 16.4. The number of phenolic OH excluding ortho intramolecular Hbond substituents is 1. The van der Waals surface area contributed by atoms with Crippen molar-refractivity contribution in [2.75, 3.05) is 4.72 Å². The van der Waals surface area contributed by atoms with Gasteiger partial charge in [0.15, 0.2) is 0 Å². The predicted molar refractivity (Wildman–Crippen MR) is 85.9 cm³/mol. The van der Waals surface area contributed by atoms with Crippen molar-refractivity contribution in [1.29, 1.82) is 0 Å². The van der Waals surface area contributed by atoms with Gasteiger partial charge in [0.05, 0.1) is 22.3 Å². The fourth-order valence-corrected chi connectivity index (χ4v) is 3.37. The van der Waals surface area contributed by atoms with Crippen LogP contribution in [0.5, 0.6) is 5.75 Å². The lowest BCUT2D eigenvalue weighted by atomic mass is 10.1. The van der Waals surface area contributed by atoms with Gasteiger partial charge in [-0.1, -0.05) is 17.7 Å². The second-order valence-electron chi connectivity index (χ2n) is 4.63. The van der Waals surface area contributed by atoms with Gasteiger partial charge in [0.25, 0.3) is 10.0 Å². The van der Waals surface area contributed by atoms with Crippen molar-refractivity contribution in [1.82, 2.24) is 4.98 Å². The summed E-state index contributed by atoms with van der Waals surface area (Å²) in [5, 5.41) is 9.94. The number of nitrogens with one attached hydrogen (secondary N) is 1. The Bertz CT molecular complexity index is 940. The molecule has 0 unspecified atom stereocenters. The van der Waals surface area contributed by atoms with Gasteiger partial charge in [0, 0.05) is 5.02 Å². The second-order valence-corrected chi connectivity index (χ2v) is 6.75. The monoisotopic (exact) mass is 350 g/mol. The zero-order valence-corrected chi connectivity index (χ0v) is 13.2. The molecule has 0 saturated heterocycles. The summed E-state index contributed by atoms with van der Waals surface area (Å²) in [6.07, 6.45) is 2.78. The highest BCUT2D eigenvalue weighted by atomic mass is 35.5. The van der Waals surface area contributed by atoms with E-state index < -0.39 is 10.0 Å². The fourth-order valence-electron chi connectivity index (χ4n) is 1.99. The molecule has 23 heavy (non-hydrogen) atoms. The molecule has 0 spiro atoms. The van der Waals surface area contributed by atoms with Crippen molar-refractivity contribution in [3.8, 4) is 17.2 Å². The molecule has 0 fully saturated rings. The van der Waals surface area contributed by atoms with Gasteiger partial charge >= 0.3 is 0 Å². The van der Waals surface area contributed by atoms with Gasteiger partial charge in [0.1, 0.15) is 12.0 Å². The summed E-state index contributed by atoms with van der Waals surface area (Å²) in [7, 11) is -3.85. The van der Waals surface area contributed by atoms with E-state index in [0.29, 0.717) is 10.6 Å². The molecule has 0 amide bonds. The Morgan fingerprint density at radius 3 is 2.70 bits per heavy atom. The van der Waals surface area contributed by atoms with Gasteiger partial charge in [0.2, 0.25) is 5.89 Å². The van der Waals surface area contributed by atoms with Crippen LogP contribution in [0.3, 0.4) is 0 Å². The maximum atomic E-state index is 12.5. The van der Waals surface area contributed by atoms with Crippen molar-refractivity contribution >= 4 is 27.3 Å². The smallest absolute Gasteiger partial charge is 0.261 e. The average molecular weight is 351 g/mol. The van der Waals surface area contributed by atoms with Crippen molar-refractivity contribution in [2.45, 2.75) is 4.90 Å². The molecule has 1 heterocycles. The number of anilines is 1. The minimum Gasteiger partial charge on any atom is -0.508 e. The van der Waals surface area contributed by atoms with E-state index in [4.69, 9.17) is 16.0 Å². The van der Waals surface area contributed by atoms with Crippen LogP contribution in [-0.4, -0.2) is 18.5 Å². The van der Waals surface area contributed by atoms with Gasteiger partial charge in [-0.05, 0) is 36.4 Å². The lowest BCUT2D eigenvalue weighted by Crippen LogP contribution is -2.13. The Morgan fingerprint density at radius 2 is 2.00 bits per heavy atom. The Labute approximate surface area is 137 Å². The Hall–Kier alpha value is -2.51. The summed E-state index contributed by atoms with van der Waals surface area (Å²) in [4.78, 5) is 4.00. The topological polar surface area (TPSA) is 92.4 Å². The molecular weight excluding hydrogens is 340 g/mol. The Balaban J connectivity index is 2.03. The Morgan fingerprint density at radius 1 is 1.17 bits per heavy atom. The van der Waals surface area contributed by atoms with E-state index >= 15 is 0 Å². The first-order valence-corrected chi connectivity index (χ1v) is 8.33. The zero-order valence-electron chi connectivity index (χ0n) is 11.6. The van der Waals surface area contributed by atoms with E-state index in [-0.39, 0.29) is 22.2 Å². The molecule has 0 bridgehead atoms. The highest BCUT2D eigenvalue weighted by Crippen LogP contribution is 2.32. The molecule has 0 aliphatic carbocycles. The molecule has 8 heteroatoms. The highest BCUT2D eigenvalue weighted by molar-refractivity contribution is 7.92. The standard InChI is InChI=1S/C15H11ClN2O4S/c16-10-2-1-3-12(8-10)23(20,21)18-14-5-4-11(19)9-13(14)15-17-6-7-22-15/h1-9,18-19H. The van der Waals surface area contributed by atoms with Crippen LogP contribution in [0.4, 0.5) is 5.69 Å². The van der Waals surface area contributed by atoms with E-state index in [0.717, 1.165) is 0 Å². The molecular formula is C15H11ClN2O4S. The van der Waals surface area contributed by atoms with Crippen LogP contribution in [-0.2, 0) is 10.0 Å². The number of hydrogen-bond acceptors (Lipinski definition) is 5. The average Bonchev–Trinajstić information content (AvgIpc) is 3.03. The number of hydrogen-bond donors (Lipinski definition) is 2. The van der Waals surface area contributed by atoms with E-state index in [1.54, 1.807) is 12.1 Å². The van der Waals surface area contributed by atoms with Gasteiger partial charge in [-0.2, -0.15) is 0 Å². The number of oxazole rings is 1. The Kier molecular flexibility index (Phi) is 3.97. The lowest BCUT2D eigenvalue weighted by Gasteiger charge is -2.11. The number of benzene rings is 2. The predicted octanol–water partition coefficient (Wildman–Crippen LogP) is 3.50. The number of rotatable bonds is 4. The summed E-state index contributed by atoms with van der Waals surface area (Å²) in [6, 6.07) is 10.1. The van der Waals surface area contributed by atoms with Crippen LogP contribution in [0.15, 0.2) is 64.2 Å². The first kappa shape index (κ1) is 15.4. The molecule has 0 radical (unpaired) electrons. The van der Waals surface area contributed by atoms with Gasteiger partial charge < -0.3 is 9.52 Å². The summed E-state index contributed by atoms with van der Waals surface area (Å²) < 4.78 is 32.6. The SMILES string of the molecule is O=S(=O)(Nc1ccc(O)cc1-c1ncco1)c1cccc(Cl)c1. The first-order chi connectivity index (χ1) is 11.0. The number of phenols is 1. The van der Waals surface area contributed by atoms with Crippen molar-refractivity contribution < 1.29 is 17.9 Å². The van der Waals surface area contributed by atoms with Crippen molar-refractivity contribution in [3.05, 3.63) is 59.9 Å². The molecule has 3 aromatic rings. The fraction of sp³-hybridized carbons (Fsp3) is 0. The third kappa shape index (κ3) is 3.30. The number of sulfonamides is 1. The van der Waals surface area contributed by atoms with E-state index in [1.165, 1.54) is 42.8 Å². The minimum absolute atomic E-state index is 0.0245. The molecule has 2 N–H and O–H groups in total. The van der Waals surface area contributed by atoms with Crippen molar-refractivity contribution in [2.24, 2.45) is 0 Å². The second kappa shape index (κ2) is 5.94. The molecule has 0 atom stereocenters. The summed E-state index contributed by atoms with van der Waals surface area (Å²) >= 11 is 5.84. The maximum Gasteiger partial charge on any atom is 0.261 e. The van der Waals surface area contributed by atoms with E-state index in [9.17, 15) is 13.5 Å². The molecule has 3 rings (SSSR count). The number of aromatic nitrogens is 1. The van der Waals surface area contributed by atoms with E-state index in [1.807, 2.05) is 0 Å². The number of nitrogens with zero attached hydrogens (tertiary/aromatic N) is 1. The molecule has 0 aliphatic rings. The summed E-state index contributed by atoms with van der Waals surface area (Å²) in [5.74, 6) is 0.147. The molecule has 2 aromatic carbocycles. The van der Waals surface area contributed by atoms with Crippen LogP contribution in [0, 0.1) is 0 Å². The highest BCUT2D eigenvalue weighted by Gasteiger charge is 2.18. The van der Waals surface area contributed by atoms with Gasteiger partial charge in [-0.25, -0.2) is 13.4 Å². The third-order valence-corrected chi connectivity index (χ3v) is 4.61. The molecule has 118 valence electrons. The molecule has 0 saturated carbocycles. The van der Waals surface area contributed by atoms with Crippen LogP contribution >= 0.6 is 11.6 Å². The summed E-state index contributed by atoms with van der Waals surface area (Å²) in [5.41, 5.74) is 0.547. The number of halogens is 1. The van der Waals surface area contributed by atoms with Crippen LogP contribution in [0.2, 0.25) is 5.02 Å². The minimum atomic E-state index is -3.85. The lowest BCUT2D eigenvalue weighted by molar-refractivity contribution is 0.475. The first-order valence-electron chi connectivity index (χ1n) is 6.47. The molecule has 0 aliphatic heterocycles. The third-order valence-electron chi connectivity index (χ3n) is 3.02. The quantitative estimate of drug-likeness (QED) is 0.702. The summed E-state index contributed by atoms with van der Waals surface area (Å²) in [6.45, 7) is 0. The number of aromatic hydroxyl groups is 1. The van der Waals surface area contributed by atoms with Crippen LogP contribution < -0.4 is 4.72 Å². The largest absolute Gasteiger partial charge is 0.508 e. The van der Waals surface area contributed by atoms with Gasteiger partial charge in [-0.3, -0.25) is 4.72 Å². The van der Waals surface area contributed by atoms with E-state index in [2.05, 4.69) is 9.71 Å². The van der Waals surface area contributed by atoms with Crippen molar-refractivity contribution in [3.63, 3.8) is 0 Å². The molecule has 6 nitrogen and oxygen atoms in total. The molecule has 1 aromatic heterocycles.